The van der Waals surface area contributed by atoms with E-state index in [1.54, 1.807) is 31.5 Å². The maximum atomic E-state index is 12.2. The molecule has 0 aliphatic heterocycles. The van der Waals surface area contributed by atoms with Crippen LogP contribution in [0.5, 0.6) is 0 Å². The summed E-state index contributed by atoms with van der Waals surface area (Å²) < 4.78 is 10.7. The lowest BCUT2D eigenvalue weighted by Crippen LogP contribution is -2.10. The first-order valence-electron chi connectivity index (χ1n) is 8.69. The van der Waals surface area contributed by atoms with E-state index in [9.17, 15) is 4.79 Å². The van der Waals surface area contributed by atoms with E-state index in [1.807, 2.05) is 36.4 Å². The molecule has 7 heteroatoms. The van der Waals surface area contributed by atoms with Gasteiger partial charge in [-0.3, -0.25) is 5.10 Å². The maximum absolute atomic E-state index is 12.2. The molecular formula is C21H18N4O3. The summed E-state index contributed by atoms with van der Waals surface area (Å²) in [7, 11) is 2.97. The fraction of sp³-hybridized carbons (Fsp3) is 0.143. The van der Waals surface area contributed by atoms with Crippen LogP contribution in [0.3, 0.4) is 0 Å². The molecule has 28 heavy (non-hydrogen) atoms. The number of carbonyl (C=O) groups is 1. The lowest BCUT2D eigenvalue weighted by atomic mass is 10.0. The Balaban J connectivity index is 1.93. The highest BCUT2D eigenvalue weighted by Gasteiger charge is 2.23. The molecule has 0 spiro atoms. The molecule has 0 radical (unpaired) electrons. The largest absolute Gasteiger partial charge is 0.465 e. The smallest absolute Gasteiger partial charge is 0.338 e. The van der Waals surface area contributed by atoms with Gasteiger partial charge >= 0.3 is 5.97 Å². The van der Waals surface area contributed by atoms with E-state index in [-0.39, 0.29) is 0 Å². The zero-order valence-corrected chi connectivity index (χ0v) is 15.4. The molecular weight excluding hydrogens is 356 g/mol. The fourth-order valence-electron chi connectivity index (χ4n) is 3.17. The van der Waals surface area contributed by atoms with Crippen LogP contribution < -0.4 is 0 Å². The Labute approximate surface area is 161 Å². The number of nitrogens with one attached hydrogen (secondary N) is 1. The monoisotopic (exact) mass is 374 g/mol. The molecule has 0 aliphatic carbocycles. The molecule has 2 heterocycles. The molecule has 1 unspecified atom stereocenters. The number of ether oxygens (including phenoxy) is 2. The number of fused-ring (bicyclic) bond motifs is 1. The molecule has 140 valence electrons. The quantitative estimate of drug-likeness (QED) is 0.537. The number of aromatic nitrogens is 4. The Morgan fingerprint density at radius 2 is 1.75 bits per heavy atom. The van der Waals surface area contributed by atoms with Crippen molar-refractivity contribution in [2.75, 3.05) is 14.2 Å². The minimum absolute atomic E-state index is 0.396. The number of carbonyl (C=O) groups excluding carboxylic acids is 1. The molecule has 0 amide bonds. The maximum Gasteiger partial charge on any atom is 0.338 e. The molecule has 0 bridgehead atoms. The van der Waals surface area contributed by atoms with Crippen molar-refractivity contribution in [1.29, 1.82) is 0 Å². The predicted molar refractivity (Wildman–Crippen MR) is 104 cm³/mol. The van der Waals surface area contributed by atoms with E-state index in [2.05, 4.69) is 15.2 Å². The van der Waals surface area contributed by atoms with Crippen molar-refractivity contribution in [2.45, 2.75) is 6.10 Å². The highest BCUT2D eigenvalue weighted by atomic mass is 16.5. The third-order valence-electron chi connectivity index (χ3n) is 4.48. The standard InChI is InChI=1S/C21H18N4O3/c1-27-19(13-8-4-3-5-9-13)18-17-16(12-22-25-17)23-20(24-18)14-10-6-7-11-15(14)21(26)28-2/h3-12,19H,1-2H3,(H,22,25). The summed E-state index contributed by atoms with van der Waals surface area (Å²) in [4.78, 5) is 21.5. The first-order valence-corrected chi connectivity index (χ1v) is 8.69. The molecule has 0 fully saturated rings. The summed E-state index contributed by atoms with van der Waals surface area (Å²) >= 11 is 0. The van der Waals surface area contributed by atoms with Gasteiger partial charge in [-0.2, -0.15) is 5.10 Å². The Hall–Kier alpha value is -3.58. The fourth-order valence-corrected chi connectivity index (χ4v) is 3.17. The van der Waals surface area contributed by atoms with Gasteiger partial charge in [-0.1, -0.05) is 48.5 Å². The van der Waals surface area contributed by atoms with Gasteiger partial charge in [0.1, 0.15) is 22.8 Å². The van der Waals surface area contributed by atoms with Crippen molar-refractivity contribution in [3.63, 3.8) is 0 Å². The molecule has 2 aromatic carbocycles. The molecule has 0 saturated heterocycles. The molecule has 0 saturated carbocycles. The van der Waals surface area contributed by atoms with Crippen LogP contribution in [0, 0.1) is 0 Å². The third kappa shape index (κ3) is 3.12. The number of esters is 1. The molecule has 1 atom stereocenters. The molecule has 0 aliphatic rings. The minimum atomic E-state index is -0.445. The van der Waals surface area contributed by atoms with Crippen LogP contribution in [0.1, 0.15) is 27.7 Å². The number of H-pyrrole nitrogens is 1. The van der Waals surface area contributed by atoms with Gasteiger partial charge in [-0.15, -0.1) is 0 Å². The van der Waals surface area contributed by atoms with Gasteiger partial charge in [0.25, 0.3) is 0 Å². The number of hydrogen-bond donors (Lipinski definition) is 1. The number of methoxy groups -OCH3 is 2. The zero-order chi connectivity index (χ0) is 19.5. The van der Waals surface area contributed by atoms with Gasteiger partial charge in [-0.05, 0) is 11.6 Å². The summed E-state index contributed by atoms with van der Waals surface area (Å²) in [6.07, 6.45) is 1.27. The van der Waals surface area contributed by atoms with E-state index in [1.165, 1.54) is 7.11 Å². The van der Waals surface area contributed by atoms with Crippen LogP contribution in [-0.4, -0.2) is 40.4 Å². The Morgan fingerprint density at radius 3 is 2.50 bits per heavy atom. The summed E-state index contributed by atoms with van der Waals surface area (Å²) in [5.74, 6) is -0.0396. The normalized spacial score (nSPS) is 12.1. The van der Waals surface area contributed by atoms with Crippen LogP contribution in [0.4, 0.5) is 0 Å². The average molecular weight is 374 g/mol. The van der Waals surface area contributed by atoms with Crippen LogP contribution in [0.25, 0.3) is 22.4 Å². The minimum Gasteiger partial charge on any atom is -0.465 e. The highest BCUT2D eigenvalue weighted by molar-refractivity contribution is 5.96. The summed E-state index contributed by atoms with van der Waals surface area (Å²) in [6.45, 7) is 0. The first-order chi connectivity index (χ1) is 13.7. The van der Waals surface area contributed by atoms with Crippen LogP contribution >= 0.6 is 0 Å². The third-order valence-corrected chi connectivity index (χ3v) is 4.48. The number of benzene rings is 2. The van der Waals surface area contributed by atoms with E-state index >= 15 is 0 Å². The number of rotatable bonds is 5. The summed E-state index contributed by atoms with van der Waals surface area (Å²) in [6, 6.07) is 16.8. The highest BCUT2D eigenvalue weighted by Crippen LogP contribution is 2.31. The van der Waals surface area contributed by atoms with E-state index in [0.717, 1.165) is 5.56 Å². The zero-order valence-electron chi connectivity index (χ0n) is 15.4. The lowest BCUT2D eigenvalue weighted by Gasteiger charge is -2.17. The van der Waals surface area contributed by atoms with Crippen LogP contribution in [-0.2, 0) is 9.47 Å². The molecule has 4 rings (SSSR count). The van der Waals surface area contributed by atoms with Crippen molar-refractivity contribution in [2.24, 2.45) is 0 Å². The van der Waals surface area contributed by atoms with Gasteiger partial charge in [0.15, 0.2) is 5.82 Å². The van der Waals surface area contributed by atoms with Gasteiger partial charge in [0.2, 0.25) is 0 Å². The van der Waals surface area contributed by atoms with Crippen molar-refractivity contribution in [3.8, 4) is 11.4 Å². The van der Waals surface area contributed by atoms with Crippen molar-refractivity contribution >= 4 is 17.0 Å². The number of aromatic amines is 1. The lowest BCUT2D eigenvalue weighted by molar-refractivity contribution is 0.0601. The predicted octanol–water partition coefficient (Wildman–Crippen LogP) is 3.54. The van der Waals surface area contributed by atoms with Gasteiger partial charge in [0, 0.05) is 18.9 Å². The Morgan fingerprint density at radius 1 is 1.00 bits per heavy atom. The molecule has 7 nitrogen and oxygen atoms in total. The van der Waals surface area contributed by atoms with Crippen LogP contribution in [0.15, 0.2) is 60.8 Å². The Kier molecular flexibility index (Phi) is 4.82. The first kappa shape index (κ1) is 17.8. The summed E-state index contributed by atoms with van der Waals surface area (Å²) in [5, 5.41) is 7.14. The van der Waals surface area contributed by atoms with Gasteiger partial charge in [-0.25, -0.2) is 14.8 Å². The van der Waals surface area contributed by atoms with E-state index in [4.69, 9.17) is 14.5 Å². The second-order valence-electron chi connectivity index (χ2n) is 6.12. The molecule has 2 aromatic heterocycles. The second-order valence-corrected chi connectivity index (χ2v) is 6.12. The van der Waals surface area contributed by atoms with Crippen molar-refractivity contribution in [3.05, 3.63) is 77.6 Å². The average Bonchev–Trinajstić information content (AvgIpc) is 3.23. The van der Waals surface area contributed by atoms with Crippen molar-refractivity contribution in [1.82, 2.24) is 20.2 Å². The van der Waals surface area contributed by atoms with Crippen LogP contribution in [0.2, 0.25) is 0 Å². The number of nitrogens with zero attached hydrogens (tertiary/aromatic N) is 3. The summed E-state index contributed by atoms with van der Waals surface area (Å²) in [5.41, 5.74) is 3.80. The molecule has 4 aromatic rings. The van der Waals surface area contributed by atoms with Gasteiger partial charge < -0.3 is 9.47 Å². The van der Waals surface area contributed by atoms with E-state index < -0.39 is 12.1 Å². The van der Waals surface area contributed by atoms with E-state index in [0.29, 0.717) is 33.7 Å². The number of hydrogen-bond acceptors (Lipinski definition) is 6. The SMILES string of the molecule is COC(=O)c1ccccc1-c1nc(C(OC)c2ccccc2)c2n[nH]cc2n1. The van der Waals surface area contributed by atoms with Gasteiger partial charge in [0.05, 0.1) is 12.7 Å². The molecule has 1 N–H and O–H groups in total. The Bertz CT molecular complexity index is 1120. The topological polar surface area (TPSA) is 90.0 Å². The second kappa shape index (κ2) is 7.58. The van der Waals surface area contributed by atoms with Crippen molar-refractivity contribution < 1.29 is 14.3 Å².